The maximum atomic E-state index is 13.3. The number of esters is 2. The van der Waals surface area contributed by atoms with Crippen molar-refractivity contribution in [2.45, 2.75) is 53.0 Å². The Bertz CT molecular complexity index is 1530. The summed E-state index contributed by atoms with van der Waals surface area (Å²) in [5, 5.41) is 28.6. The van der Waals surface area contributed by atoms with Crippen molar-refractivity contribution in [3.05, 3.63) is 88.2 Å². The summed E-state index contributed by atoms with van der Waals surface area (Å²) in [6.07, 6.45) is 4.79. The second-order valence-electron chi connectivity index (χ2n) is 9.35. The van der Waals surface area contributed by atoms with Crippen LogP contribution in [0.3, 0.4) is 0 Å². The Labute approximate surface area is 238 Å². The minimum atomic E-state index is -0.617. The molecule has 1 unspecified atom stereocenters. The molecule has 41 heavy (non-hydrogen) atoms. The molecule has 2 aromatic carbocycles. The number of ether oxygens (including phenoxy) is 2. The number of nitrogens with zero attached hydrogens (tertiary/aromatic N) is 4. The molecule has 10 heteroatoms. The predicted octanol–water partition coefficient (Wildman–Crippen LogP) is 6.68. The molecule has 0 aliphatic rings. The van der Waals surface area contributed by atoms with E-state index in [-0.39, 0.29) is 52.2 Å². The number of nitriles is 1. The molecule has 1 aromatic heterocycles. The number of hydrogen-bond acceptors (Lipinski definition) is 9. The van der Waals surface area contributed by atoms with E-state index < -0.39 is 17.5 Å². The lowest BCUT2D eigenvalue weighted by Gasteiger charge is -2.19. The van der Waals surface area contributed by atoms with Crippen molar-refractivity contribution in [3.8, 4) is 23.4 Å². The van der Waals surface area contributed by atoms with E-state index in [0.29, 0.717) is 5.69 Å². The molecule has 0 spiro atoms. The molecule has 212 valence electrons. The van der Waals surface area contributed by atoms with Crippen LogP contribution in [0.5, 0.6) is 17.4 Å². The molecule has 1 atom stereocenters. The number of carbonyl (C=O) groups is 2. The lowest BCUT2D eigenvalue weighted by atomic mass is 9.99. The molecule has 3 aromatic rings. The quantitative estimate of drug-likeness (QED) is 0.113. The van der Waals surface area contributed by atoms with Crippen LogP contribution in [0.4, 0.5) is 11.4 Å². The maximum absolute atomic E-state index is 13.3. The smallest absolute Gasteiger partial charge is 0.343 e. The minimum Gasteiger partial charge on any atom is -0.493 e. The van der Waals surface area contributed by atoms with E-state index in [1.807, 2.05) is 13.0 Å². The summed E-state index contributed by atoms with van der Waals surface area (Å²) in [5.41, 5.74) is 0.273. The Morgan fingerprint density at radius 1 is 1.07 bits per heavy atom. The average Bonchev–Trinajstić information content (AvgIpc) is 2.98. The summed E-state index contributed by atoms with van der Waals surface area (Å²) in [6.45, 7) is 9.27. The van der Waals surface area contributed by atoms with Gasteiger partial charge in [-0.25, -0.2) is 9.59 Å². The number of aromatic nitrogens is 1. The van der Waals surface area contributed by atoms with Crippen LogP contribution < -0.4 is 15.0 Å². The highest BCUT2D eigenvalue weighted by molar-refractivity contribution is 5.91. The van der Waals surface area contributed by atoms with Gasteiger partial charge in [-0.2, -0.15) is 10.4 Å². The average molecular weight is 557 g/mol. The van der Waals surface area contributed by atoms with Crippen LogP contribution in [-0.2, 0) is 11.3 Å². The van der Waals surface area contributed by atoms with Crippen molar-refractivity contribution in [3.63, 3.8) is 0 Å². The molecule has 10 nitrogen and oxygen atoms in total. The third-order valence-electron chi connectivity index (χ3n) is 6.54. The third-order valence-corrected chi connectivity index (χ3v) is 6.54. The normalized spacial score (nSPS) is 11.6. The lowest BCUT2D eigenvalue weighted by Crippen LogP contribution is -2.25. The Morgan fingerprint density at radius 3 is 2.27 bits per heavy atom. The highest BCUT2D eigenvalue weighted by atomic mass is 16.5. The van der Waals surface area contributed by atoms with Crippen LogP contribution in [0.15, 0.2) is 76.2 Å². The molecule has 0 aliphatic carbocycles. The standard InChI is InChI=1S/C31H32N4O6/c1-5-8-9-21(6-2)19-35-29(37)26(18-32)20(4)28(30(35)38)34-33-23-12-10-22(11-13-23)31(39)41-25-16-14-24(15-17-25)40-27(36)7-3/h7,10-17,21,37H,3,5-6,8-9,19H2,1-2,4H3. The molecule has 0 saturated heterocycles. The van der Waals surface area contributed by atoms with Crippen LogP contribution in [0.25, 0.3) is 0 Å². The Morgan fingerprint density at radius 2 is 1.71 bits per heavy atom. The van der Waals surface area contributed by atoms with Gasteiger partial charge in [-0.3, -0.25) is 9.36 Å². The lowest BCUT2D eigenvalue weighted by molar-refractivity contribution is -0.128. The van der Waals surface area contributed by atoms with Gasteiger partial charge >= 0.3 is 11.9 Å². The van der Waals surface area contributed by atoms with Gasteiger partial charge in [0.15, 0.2) is 5.69 Å². The van der Waals surface area contributed by atoms with Gasteiger partial charge in [0, 0.05) is 18.2 Å². The van der Waals surface area contributed by atoms with Crippen molar-refractivity contribution in [1.82, 2.24) is 4.57 Å². The zero-order chi connectivity index (χ0) is 29.9. The second-order valence-corrected chi connectivity index (χ2v) is 9.35. The van der Waals surface area contributed by atoms with Gasteiger partial charge in [0.25, 0.3) is 5.56 Å². The molecule has 0 fully saturated rings. The first kappa shape index (κ1) is 30.5. The van der Waals surface area contributed by atoms with Crippen LogP contribution in [-0.4, -0.2) is 21.6 Å². The summed E-state index contributed by atoms with van der Waals surface area (Å²) in [5.74, 6) is -0.880. The number of azo groups is 1. The minimum absolute atomic E-state index is 0.0195. The van der Waals surface area contributed by atoms with Crippen molar-refractivity contribution >= 4 is 23.3 Å². The third kappa shape index (κ3) is 7.76. The van der Waals surface area contributed by atoms with Crippen LogP contribution in [0, 0.1) is 24.2 Å². The van der Waals surface area contributed by atoms with E-state index in [0.717, 1.165) is 31.8 Å². The molecular formula is C31H32N4O6. The predicted molar refractivity (Wildman–Crippen MR) is 153 cm³/mol. The van der Waals surface area contributed by atoms with Crippen LogP contribution >= 0.6 is 0 Å². The summed E-state index contributed by atoms with van der Waals surface area (Å²) in [7, 11) is 0. The largest absolute Gasteiger partial charge is 0.493 e. The zero-order valence-corrected chi connectivity index (χ0v) is 23.3. The summed E-state index contributed by atoms with van der Waals surface area (Å²) in [6, 6.07) is 14.0. The number of aromatic hydroxyl groups is 1. The van der Waals surface area contributed by atoms with Gasteiger partial charge in [0.2, 0.25) is 5.88 Å². The van der Waals surface area contributed by atoms with Crippen molar-refractivity contribution in [2.75, 3.05) is 0 Å². The fourth-order valence-electron chi connectivity index (χ4n) is 4.07. The van der Waals surface area contributed by atoms with Gasteiger partial charge in [-0.05, 0) is 67.8 Å². The van der Waals surface area contributed by atoms with Crippen LogP contribution in [0.2, 0.25) is 0 Å². The van der Waals surface area contributed by atoms with E-state index in [2.05, 4.69) is 23.7 Å². The number of pyridine rings is 1. The van der Waals surface area contributed by atoms with E-state index in [1.165, 1.54) is 53.1 Å². The van der Waals surface area contributed by atoms with E-state index in [9.17, 15) is 24.8 Å². The fourth-order valence-corrected chi connectivity index (χ4v) is 4.07. The highest BCUT2D eigenvalue weighted by Crippen LogP contribution is 2.29. The first-order valence-electron chi connectivity index (χ1n) is 13.3. The number of rotatable bonds is 12. The molecule has 0 saturated carbocycles. The Hall–Kier alpha value is -5.04. The molecular weight excluding hydrogens is 524 g/mol. The number of unbranched alkanes of at least 4 members (excludes halogenated alkanes) is 1. The van der Waals surface area contributed by atoms with Crippen molar-refractivity contribution < 1.29 is 24.2 Å². The monoisotopic (exact) mass is 556 g/mol. The van der Waals surface area contributed by atoms with Gasteiger partial charge < -0.3 is 14.6 Å². The van der Waals surface area contributed by atoms with Gasteiger partial charge in [0.05, 0.1) is 11.3 Å². The van der Waals surface area contributed by atoms with Crippen molar-refractivity contribution in [1.29, 1.82) is 5.26 Å². The Balaban J connectivity index is 1.78. The molecule has 1 heterocycles. The topological polar surface area (TPSA) is 143 Å². The van der Waals surface area contributed by atoms with Gasteiger partial charge in [0.1, 0.15) is 23.1 Å². The van der Waals surface area contributed by atoms with E-state index in [4.69, 9.17) is 9.47 Å². The molecule has 0 bridgehead atoms. The molecule has 0 radical (unpaired) electrons. The zero-order valence-electron chi connectivity index (χ0n) is 23.3. The number of hydrogen-bond donors (Lipinski definition) is 1. The molecule has 0 amide bonds. The first-order chi connectivity index (χ1) is 19.7. The second kappa shape index (κ2) is 14.4. The first-order valence-corrected chi connectivity index (χ1v) is 13.3. The SMILES string of the molecule is C=CC(=O)Oc1ccc(OC(=O)c2ccc(N=Nc3c(C)c(C#N)c(O)n(CC(CC)CCCC)c3=O)cc2)cc1. The van der Waals surface area contributed by atoms with Crippen molar-refractivity contribution in [2.24, 2.45) is 16.1 Å². The summed E-state index contributed by atoms with van der Waals surface area (Å²) in [4.78, 5) is 37.1. The van der Waals surface area contributed by atoms with E-state index in [1.54, 1.807) is 6.92 Å². The highest BCUT2D eigenvalue weighted by Gasteiger charge is 2.21. The summed E-state index contributed by atoms with van der Waals surface area (Å²) >= 11 is 0. The number of carbonyl (C=O) groups excluding carboxylic acids is 2. The summed E-state index contributed by atoms with van der Waals surface area (Å²) < 4.78 is 11.5. The van der Waals surface area contributed by atoms with E-state index >= 15 is 0 Å². The molecule has 1 N–H and O–H groups in total. The van der Waals surface area contributed by atoms with Gasteiger partial charge in [-0.15, -0.1) is 5.11 Å². The van der Waals surface area contributed by atoms with Gasteiger partial charge in [-0.1, -0.05) is 39.7 Å². The number of benzene rings is 2. The molecule has 0 aliphatic heterocycles. The fraction of sp³-hybridized carbons (Fsp3) is 0.290. The maximum Gasteiger partial charge on any atom is 0.343 e. The van der Waals surface area contributed by atoms with Crippen LogP contribution in [0.1, 0.15) is 61.0 Å². The Kier molecular flexibility index (Phi) is 10.7. The molecule has 3 rings (SSSR count).